The average Bonchev–Trinajstić information content (AvgIpc) is 2.38. The highest BCUT2D eigenvalue weighted by atomic mass is 32.2. The van der Waals surface area contributed by atoms with E-state index >= 15 is 0 Å². The summed E-state index contributed by atoms with van der Waals surface area (Å²) in [5.41, 5.74) is 0.861. The van der Waals surface area contributed by atoms with E-state index in [0.29, 0.717) is 12.8 Å². The molecule has 0 amide bonds. The van der Waals surface area contributed by atoms with Crippen LogP contribution in [0.15, 0.2) is 29.2 Å². The molecule has 0 heterocycles. The monoisotopic (exact) mass is 322 g/mol. The van der Waals surface area contributed by atoms with Crippen LogP contribution in [0.25, 0.3) is 0 Å². The first-order valence-corrected chi connectivity index (χ1v) is 8.17. The van der Waals surface area contributed by atoms with Gasteiger partial charge in [0, 0.05) is 0 Å². The Morgan fingerprint density at radius 3 is 2.24 bits per heavy atom. The number of hydrogen-bond donors (Lipinski definition) is 0. The van der Waals surface area contributed by atoms with E-state index in [1.165, 1.54) is 12.1 Å². The van der Waals surface area contributed by atoms with Gasteiger partial charge in [0.15, 0.2) is 0 Å². The minimum atomic E-state index is -4.44. The van der Waals surface area contributed by atoms with E-state index in [0.717, 1.165) is 5.56 Å². The zero-order valence-electron chi connectivity index (χ0n) is 11.6. The molecule has 0 N–H and O–H groups in total. The molecule has 0 bridgehead atoms. The first-order chi connectivity index (χ1) is 9.70. The molecule has 118 valence electrons. The zero-order chi connectivity index (χ0) is 15.7. The number of benzene rings is 1. The molecule has 1 aromatic carbocycles. The van der Waals surface area contributed by atoms with Gasteiger partial charge in [-0.2, -0.15) is 21.6 Å². The fourth-order valence-electron chi connectivity index (χ4n) is 2.51. The van der Waals surface area contributed by atoms with Crippen LogP contribution < -0.4 is 0 Å². The lowest BCUT2D eigenvalue weighted by atomic mass is 9.86. The first kappa shape index (κ1) is 16.3. The quantitative estimate of drug-likeness (QED) is 0.795. The van der Waals surface area contributed by atoms with E-state index < -0.39 is 28.3 Å². The molecular weight excluding hydrogens is 305 g/mol. The molecule has 2 atom stereocenters. The van der Waals surface area contributed by atoms with E-state index in [1.807, 2.05) is 0 Å². The van der Waals surface area contributed by atoms with Crippen molar-refractivity contribution in [3.05, 3.63) is 29.8 Å². The highest BCUT2D eigenvalue weighted by Crippen LogP contribution is 2.40. The van der Waals surface area contributed by atoms with Gasteiger partial charge < -0.3 is 0 Å². The minimum Gasteiger partial charge on any atom is -0.262 e. The number of aryl methyl sites for hydroxylation is 1. The molecule has 2 unspecified atom stereocenters. The van der Waals surface area contributed by atoms with Crippen molar-refractivity contribution < 1.29 is 25.8 Å². The van der Waals surface area contributed by atoms with Gasteiger partial charge in [-0.25, -0.2) is 0 Å². The maximum atomic E-state index is 12.9. The Morgan fingerprint density at radius 1 is 1.10 bits per heavy atom. The van der Waals surface area contributed by atoms with Crippen molar-refractivity contribution in [2.24, 2.45) is 5.92 Å². The van der Waals surface area contributed by atoms with Crippen LogP contribution in [0, 0.1) is 12.8 Å². The zero-order valence-corrected chi connectivity index (χ0v) is 12.4. The maximum absolute atomic E-state index is 12.9. The Kier molecular flexibility index (Phi) is 4.63. The van der Waals surface area contributed by atoms with Crippen molar-refractivity contribution in [1.82, 2.24) is 0 Å². The second kappa shape index (κ2) is 5.96. The lowest BCUT2D eigenvalue weighted by Gasteiger charge is -2.32. The highest BCUT2D eigenvalue weighted by molar-refractivity contribution is 7.86. The maximum Gasteiger partial charge on any atom is 0.394 e. The Labute approximate surface area is 122 Å². The molecule has 0 aromatic heterocycles. The number of hydrogen-bond acceptors (Lipinski definition) is 3. The molecule has 0 aliphatic heterocycles. The van der Waals surface area contributed by atoms with Crippen molar-refractivity contribution in [1.29, 1.82) is 0 Å². The Morgan fingerprint density at radius 2 is 1.67 bits per heavy atom. The van der Waals surface area contributed by atoms with E-state index in [2.05, 4.69) is 0 Å². The lowest BCUT2D eigenvalue weighted by Crippen LogP contribution is -2.39. The van der Waals surface area contributed by atoms with E-state index in [4.69, 9.17) is 4.18 Å². The van der Waals surface area contributed by atoms with Gasteiger partial charge in [-0.15, -0.1) is 0 Å². The molecule has 21 heavy (non-hydrogen) atoms. The van der Waals surface area contributed by atoms with Gasteiger partial charge in [0.05, 0.1) is 16.9 Å². The highest BCUT2D eigenvalue weighted by Gasteiger charge is 2.47. The first-order valence-electron chi connectivity index (χ1n) is 6.77. The SMILES string of the molecule is Cc1ccc(S(=O)(=O)OC2CCCCC2C(F)(F)F)cc1. The van der Waals surface area contributed by atoms with Crippen molar-refractivity contribution in [2.75, 3.05) is 0 Å². The fourth-order valence-corrected chi connectivity index (χ4v) is 3.65. The molecule has 3 nitrogen and oxygen atoms in total. The molecule has 0 saturated heterocycles. The van der Waals surface area contributed by atoms with Crippen molar-refractivity contribution in [3.8, 4) is 0 Å². The largest absolute Gasteiger partial charge is 0.394 e. The summed E-state index contributed by atoms with van der Waals surface area (Å²) in [7, 11) is -4.17. The summed E-state index contributed by atoms with van der Waals surface area (Å²) in [6, 6.07) is 5.85. The van der Waals surface area contributed by atoms with E-state index in [-0.39, 0.29) is 17.7 Å². The van der Waals surface area contributed by atoms with Gasteiger partial charge in [-0.3, -0.25) is 4.18 Å². The Balaban J connectivity index is 2.20. The third-order valence-electron chi connectivity index (χ3n) is 3.68. The van der Waals surface area contributed by atoms with Crippen LogP contribution in [0.4, 0.5) is 13.2 Å². The summed E-state index contributed by atoms with van der Waals surface area (Å²) < 4.78 is 67.9. The van der Waals surface area contributed by atoms with Gasteiger partial charge in [-0.1, -0.05) is 30.5 Å². The molecule has 0 radical (unpaired) electrons. The third-order valence-corrected chi connectivity index (χ3v) is 5.03. The topological polar surface area (TPSA) is 43.4 Å². The van der Waals surface area contributed by atoms with Crippen LogP contribution >= 0.6 is 0 Å². The number of rotatable bonds is 3. The summed E-state index contributed by atoms with van der Waals surface area (Å²) in [6.07, 6.45) is -4.76. The minimum absolute atomic E-state index is 0.0857. The van der Waals surface area contributed by atoms with Crippen molar-refractivity contribution >= 4 is 10.1 Å². The van der Waals surface area contributed by atoms with Crippen LogP contribution in [0.5, 0.6) is 0 Å². The fraction of sp³-hybridized carbons (Fsp3) is 0.571. The van der Waals surface area contributed by atoms with E-state index in [9.17, 15) is 21.6 Å². The predicted octanol–water partition coefficient (Wildman–Crippen LogP) is 3.82. The van der Waals surface area contributed by atoms with E-state index in [1.54, 1.807) is 19.1 Å². The van der Waals surface area contributed by atoms with Crippen LogP contribution in [-0.4, -0.2) is 20.7 Å². The number of halogens is 3. The molecule has 0 spiro atoms. The molecule has 1 aliphatic carbocycles. The second-order valence-electron chi connectivity index (χ2n) is 5.33. The average molecular weight is 322 g/mol. The number of alkyl halides is 3. The smallest absolute Gasteiger partial charge is 0.262 e. The summed E-state index contributed by atoms with van der Waals surface area (Å²) in [5.74, 6) is -1.72. The van der Waals surface area contributed by atoms with Crippen molar-refractivity contribution in [3.63, 3.8) is 0 Å². The second-order valence-corrected chi connectivity index (χ2v) is 6.91. The van der Waals surface area contributed by atoms with Gasteiger partial charge >= 0.3 is 6.18 Å². The summed E-state index contributed by atoms with van der Waals surface area (Å²) in [4.78, 5) is -0.111. The standard InChI is InChI=1S/C14H17F3O3S/c1-10-6-8-11(9-7-10)21(18,19)20-13-5-3-2-4-12(13)14(15,16)17/h6-9,12-13H,2-5H2,1H3. The summed E-state index contributed by atoms with van der Waals surface area (Å²) in [6.45, 7) is 1.79. The molecule has 7 heteroatoms. The third kappa shape index (κ3) is 3.97. The lowest BCUT2D eigenvalue weighted by molar-refractivity contribution is -0.203. The molecule has 1 saturated carbocycles. The summed E-state index contributed by atoms with van der Waals surface area (Å²) in [5, 5.41) is 0. The summed E-state index contributed by atoms with van der Waals surface area (Å²) >= 11 is 0. The Bertz CT molecular complexity index is 578. The molecule has 1 aliphatic rings. The predicted molar refractivity (Wildman–Crippen MR) is 71.3 cm³/mol. The van der Waals surface area contributed by atoms with Gasteiger partial charge in [0.1, 0.15) is 0 Å². The van der Waals surface area contributed by atoms with Gasteiger partial charge in [-0.05, 0) is 31.9 Å². The van der Waals surface area contributed by atoms with Gasteiger partial charge in [0.25, 0.3) is 10.1 Å². The molecular formula is C14H17F3O3S. The molecule has 2 rings (SSSR count). The van der Waals surface area contributed by atoms with Crippen LogP contribution in [0.2, 0.25) is 0 Å². The molecule has 1 fully saturated rings. The van der Waals surface area contributed by atoms with Crippen molar-refractivity contribution in [2.45, 2.75) is 49.8 Å². The Hall–Kier alpha value is -1.08. The van der Waals surface area contributed by atoms with Crippen LogP contribution in [0.1, 0.15) is 31.2 Å². The van der Waals surface area contributed by atoms with Gasteiger partial charge in [0.2, 0.25) is 0 Å². The normalized spacial score (nSPS) is 24.0. The molecule has 1 aromatic rings. The van der Waals surface area contributed by atoms with Crippen LogP contribution in [0.3, 0.4) is 0 Å². The van der Waals surface area contributed by atoms with Crippen LogP contribution in [-0.2, 0) is 14.3 Å².